The monoisotopic (exact) mass is 200 g/mol. The summed E-state index contributed by atoms with van der Waals surface area (Å²) in [6, 6.07) is 0. The molecule has 15 heavy (non-hydrogen) atoms. The first-order valence-corrected chi connectivity index (χ1v) is 6.12. The second kappa shape index (κ2) is 5.75. The van der Waals surface area contributed by atoms with Crippen molar-refractivity contribution in [2.24, 2.45) is 11.8 Å². The highest BCUT2D eigenvalue weighted by Gasteiger charge is 2.06. The van der Waals surface area contributed by atoms with Gasteiger partial charge in [0.25, 0.3) is 0 Å². The minimum atomic E-state index is 0.704. The highest BCUT2D eigenvalue weighted by Crippen LogP contribution is 2.21. The number of allylic oxidation sites excluding steroid dienone is 8. The standard InChI is InChI=1S/C15H20/c1-3-8-14(9-4-1)12-7-13-15-10-5-2-6-11-15/h3-6,8-11,14-15H,1-2,7,12-13H2. The summed E-state index contributed by atoms with van der Waals surface area (Å²) in [4.78, 5) is 0. The lowest BCUT2D eigenvalue weighted by Gasteiger charge is -2.13. The van der Waals surface area contributed by atoms with Crippen LogP contribution in [-0.2, 0) is 0 Å². The maximum Gasteiger partial charge on any atom is -0.00533 e. The second-order valence-corrected chi connectivity index (χ2v) is 4.44. The minimum Gasteiger partial charge on any atom is -0.0842 e. The smallest absolute Gasteiger partial charge is 0.00533 e. The van der Waals surface area contributed by atoms with E-state index < -0.39 is 0 Å². The van der Waals surface area contributed by atoms with Crippen molar-refractivity contribution in [1.82, 2.24) is 0 Å². The molecule has 2 rings (SSSR count). The van der Waals surface area contributed by atoms with Gasteiger partial charge in [0.05, 0.1) is 0 Å². The van der Waals surface area contributed by atoms with Crippen LogP contribution in [0.3, 0.4) is 0 Å². The Labute approximate surface area is 93.1 Å². The molecule has 0 heterocycles. The average Bonchev–Trinajstić information content (AvgIpc) is 2.32. The van der Waals surface area contributed by atoms with Crippen molar-refractivity contribution in [3.05, 3.63) is 48.6 Å². The van der Waals surface area contributed by atoms with Crippen molar-refractivity contribution in [2.45, 2.75) is 32.1 Å². The average molecular weight is 200 g/mol. The van der Waals surface area contributed by atoms with Crippen LogP contribution in [0.15, 0.2) is 48.6 Å². The second-order valence-electron chi connectivity index (χ2n) is 4.44. The van der Waals surface area contributed by atoms with Crippen molar-refractivity contribution in [1.29, 1.82) is 0 Å². The van der Waals surface area contributed by atoms with Crippen LogP contribution < -0.4 is 0 Å². The molecular weight excluding hydrogens is 180 g/mol. The van der Waals surface area contributed by atoms with E-state index in [1.54, 1.807) is 0 Å². The summed E-state index contributed by atoms with van der Waals surface area (Å²) in [7, 11) is 0. The zero-order valence-electron chi connectivity index (χ0n) is 9.31. The van der Waals surface area contributed by atoms with Gasteiger partial charge in [-0.2, -0.15) is 0 Å². The topological polar surface area (TPSA) is 0 Å². The Balaban J connectivity index is 1.65. The van der Waals surface area contributed by atoms with Gasteiger partial charge in [-0.3, -0.25) is 0 Å². The normalized spacial score (nSPS) is 21.3. The summed E-state index contributed by atoms with van der Waals surface area (Å²) in [5, 5.41) is 0. The molecule has 2 aliphatic rings. The van der Waals surface area contributed by atoms with Crippen molar-refractivity contribution in [3.63, 3.8) is 0 Å². The Kier molecular flexibility index (Phi) is 4.01. The van der Waals surface area contributed by atoms with Crippen LogP contribution in [0.5, 0.6) is 0 Å². The molecule has 0 aromatic carbocycles. The SMILES string of the molecule is C1=CC(CCCC2C=CCC=C2)C=CC1. The molecule has 0 aromatic heterocycles. The van der Waals surface area contributed by atoms with Crippen molar-refractivity contribution in [2.75, 3.05) is 0 Å². The largest absolute Gasteiger partial charge is 0.0842 e. The van der Waals surface area contributed by atoms with Gasteiger partial charge in [0.15, 0.2) is 0 Å². The predicted octanol–water partition coefficient (Wildman–Crippen LogP) is 4.42. The quantitative estimate of drug-likeness (QED) is 0.589. The first kappa shape index (κ1) is 10.5. The minimum absolute atomic E-state index is 0.704. The van der Waals surface area contributed by atoms with Crippen molar-refractivity contribution in [3.8, 4) is 0 Å². The maximum atomic E-state index is 2.35. The third kappa shape index (κ3) is 3.54. The Morgan fingerprint density at radius 3 is 1.47 bits per heavy atom. The molecule has 0 bridgehead atoms. The van der Waals surface area contributed by atoms with Gasteiger partial charge in [-0.1, -0.05) is 55.0 Å². The lowest BCUT2D eigenvalue weighted by molar-refractivity contribution is 0.572. The van der Waals surface area contributed by atoms with Gasteiger partial charge in [0, 0.05) is 0 Å². The molecule has 0 aliphatic heterocycles. The molecule has 0 radical (unpaired) electrons. The molecule has 0 N–H and O–H groups in total. The zero-order chi connectivity index (χ0) is 10.3. The van der Waals surface area contributed by atoms with E-state index in [0.29, 0.717) is 11.8 Å². The van der Waals surface area contributed by atoms with E-state index in [9.17, 15) is 0 Å². The highest BCUT2D eigenvalue weighted by molar-refractivity contribution is 5.10. The maximum absolute atomic E-state index is 2.35. The molecule has 0 nitrogen and oxygen atoms in total. The zero-order valence-corrected chi connectivity index (χ0v) is 9.31. The molecule has 0 aromatic rings. The fourth-order valence-electron chi connectivity index (χ4n) is 2.27. The molecule has 0 amide bonds. The van der Waals surface area contributed by atoms with Gasteiger partial charge in [-0.25, -0.2) is 0 Å². The van der Waals surface area contributed by atoms with Gasteiger partial charge in [0.2, 0.25) is 0 Å². The van der Waals surface area contributed by atoms with E-state index in [1.807, 2.05) is 0 Å². The lowest BCUT2D eigenvalue weighted by atomic mass is 9.92. The van der Waals surface area contributed by atoms with Crippen LogP contribution in [0, 0.1) is 11.8 Å². The molecule has 0 spiro atoms. The Hall–Kier alpha value is -1.04. The Bertz CT molecular complexity index is 237. The summed E-state index contributed by atoms with van der Waals surface area (Å²) in [6.07, 6.45) is 24.8. The molecule has 0 fully saturated rings. The summed E-state index contributed by atoms with van der Waals surface area (Å²) >= 11 is 0. The van der Waals surface area contributed by atoms with E-state index >= 15 is 0 Å². The third-order valence-electron chi connectivity index (χ3n) is 3.15. The molecule has 0 heteroatoms. The first-order valence-electron chi connectivity index (χ1n) is 6.12. The summed E-state index contributed by atoms with van der Waals surface area (Å²) in [6.45, 7) is 0. The summed E-state index contributed by atoms with van der Waals surface area (Å²) in [5.74, 6) is 1.41. The van der Waals surface area contributed by atoms with Gasteiger partial charge < -0.3 is 0 Å². The van der Waals surface area contributed by atoms with Crippen LogP contribution in [0.25, 0.3) is 0 Å². The van der Waals surface area contributed by atoms with E-state index in [4.69, 9.17) is 0 Å². The first-order chi connectivity index (χ1) is 7.45. The van der Waals surface area contributed by atoms with Gasteiger partial charge in [0.1, 0.15) is 0 Å². The molecule has 2 aliphatic carbocycles. The highest BCUT2D eigenvalue weighted by atomic mass is 14.1. The number of hydrogen-bond donors (Lipinski definition) is 0. The number of hydrogen-bond acceptors (Lipinski definition) is 0. The van der Waals surface area contributed by atoms with Crippen LogP contribution in [0.1, 0.15) is 32.1 Å². The van der Waals surface area contributed by atoms with E-state index in [0.717, 1.165) is 12.8 Å². The molecule has 0 saturated heterocycles. The van der Waals surface area contributed by atoms with Gasteiger partial charge in [-0.05, 0) is 37.5 Å². The fourth-order valence-corrected chi connectivity index (χ4v) is 2.27. The van der Waals surface area contributed by atoms with Crippen molar-refractivity contribution >= 4 is 0 Å². The number of rotatable bonds is 4. The molecule has 0 unspecified atom stereocenters. The lowest BCUT2D eigenvalue weighted by Crippen LogP contribution is -1.99. The fraction of sp³-hybridized carbons (Fsp3) is 0.467. The Morgan fingerprint density at radius 2 is 1.07 bits per heavy atom. The summed E-state index contributed by atoms with van der Waals surface area (Å²) in [5.41, 5.74) is 0. The van der Waals surface area contributed by atoms with Crippen LogP contribution >= 0.6 is 0 Å². The predicted molar refractivity (Wildman–Crippen MR) is 66.6 cm³/mol. The third-order valence-corrected chi connectivity index (χ3v) is 3.15. The molecule has 80 valence electrons. The Morgan fingerprint density at radius 1 is 0.667 bits per heavy atom. The van der Waals surface area contributed by atoms with E-state index in [-0.39, 0.29) is 0 Å². The van der Waals surface area contributed by atoms with E-state index in [2.05, 4.69) is 48.6 Å². The van der Waals surface area contributed by atoms with E-state index in [1.165, 1.54) is 19.3 Å². The molecular formula is C15H20. The molecule has 0 saturated carbocycles. The van der Waals surface area contributed by atoms with Crippen LogP contribution in [0.2, 0.25) is 0 Å². The van der Waals surface area contributed by atoms with Gasteiger partial charge >= 0.3 is 0 Å². The van der Waals surface area contributed by atoms with Crippen LogP contribution in [-0.4, -0.2) is 0 Å². The summed E-state index contributed by atoms with van der Waals surface area (Å²) < 4.78 is 0. The van der Waals surface area contributed by atoms with Gasteiger partial charge in [-0.15, -0.1) is 0 Å². The van der Waals surface area contributed by atoms with Crippen molar-refractivity contribution < 1.29 is 0 Å². The molecule has 0 atom stereocenters. The van der Waals surface area contributed by atoms with Crippen LogP contribution in [0.4, 0.5) is 0 Å².